The Morgan fingerprint density at radius 2 is 2.12 bits per heavy atom. The Bertz CT molecular complexity index is 494. The second-order valence-corrected chi connectivity index (χ2v) is 3.83. The van der Waals surface area contributed by atoms with Crippen LogP contribution in [0.2, 0.25) is 0 Å². The zero-order valence-corrected chi connectivity index (χ0v) is 9.91. The summed E-state index contributed by atoms with van der Waals surface area (Å²) in [4.78, 5) is 0. The molecule has 0 aliphatic carbocycles. The molecule has 86 valence electrons. The highest BCUT2D eigenvalue weighted by Gasteiger charge is 2.15. The number of nitrogens with zero attached hydrogens (tertiary/aromatic N) is 3. The second-order valence-electron chi connectivity index (χ2n) is 3.83. The number of nitrogens with two attached hydrogens (primary N) is 1. The Labute approximate surface area is 94.7 Å². The number of nitrogens with one attached hydrogen (secondary N) is 1. The van der Waals surface area contributed by atoms with Gasteiger partial charge in [-0.05, 0) is 12.8 Å². The smallest absolute Gasteiger partial charge is 0.149 e. The molecule has 0 saturated heterocycles. The lowest BCUT2D eigenvalue weighted by atomic mass is 10.1. The molecular weight excluding hydrogens is 202 g/mol. The lowest BCUT2D eigenvalue weighted by molar-refractivity contribution is 0.746. The van der Waals surface area contributed by atoms with Crippen LogP contribution in [0.25, 0.3) is 11.3 Å². The van der Waals surface area contributed by atoms with Gasteiger partial charge in [0, 0.05) is 24.4 Å². The van der Waals surface area contributed by atoms with Gasteiger partial charge in [-0.15, -0.1) is 0 Å². The predicted molar refractivity (Wildman–Crippen MR) is 64.0 cm³/mol. The third kappa shape index (κ3) is 1.58. The highest BCUT2D eigenvalue weighted by molar-refractivity contribution is 5.69. The molecule has 2 heterocycles. The molecule has 5 heteroatoms. The van der Waals surface area contributed by atoms with Gasteiger partial charge in [-0.25, -0.2) is 0 Å². The lowest BCUT2D eigenvalue weighted by Gasteiger charge is -2.00. The molecule has 0 aliphatic rings. The third-order valence-corrected chi connectivity index (χ3v) is 2.76. The Kier molecular flexibility index (Phi) is 2.68. The van der Waals surface area contributed by atoms with E-state index in [0.29, 0.717) is 5.82 Å². The number of rotatable bonds is 3. The summed E-state index contributed by atoms with van der Waals surface area (Å²) in [5.74, 6) is 0.586. The number of nitrogen functional groups attached to an aromatic ring is 1. The zero-order valence-electron chi connectivity index (χ0n) is 9.91. The van der Waals surface area contributed by atoms with Gasteiger partial charge in [0.2, 0.25) is 0 Å². The number of hydrogen-bond acceptors (Lipinski definition) is 3. The first-order valence-electron chi connectivity index (χ1n) is 5.52. The normalized spacial score (nSPS) is 10.9. The summed E-state index contributed by atoms with van der Waals surface area (Å²) in [6, 6.07) is 0. The summed E-state index contributed by atoms with van der Waals surface area (Å²) in [7, 11) is 1.92. The fourth-order valence-corrected chi connectivity index (χ4v) is 1.96. The molecule has 2 aromatic rings. The monoisotopic (exact) mass is 219 g/mol. The molecule has 0 saturated carbocycles. The van der Waals surface area contributed by atoms with Gasteiger partial charge in [0.15, 0.2) is 0 Å². The molecule has 0 aromatic carbocycles. The third-order valence-electron chi connectivity index (χ3n) is 2.76. The molecule has 5 nitrogen and oxygen atoms in total. The van der Waals surface area contributed by atoms with E-state index in [9.17, 15) is 0 Å². The van der Waals surface area contributed by atoms with E-state index < -0.39 is 0 Å². The quantitative estimate of drug-likeness (QED) is 0.822. The number of H-pyrrole nitrogens is 1. The van der Waals surface area contributed by atoms with Gasteiger partial charge in [0.1, 0.15) is 5.82 Å². The minimum atomic E-state index is 0.586. The predicted octanol–water partition coefficient (Wildman–Crippen LogP) is 1.52. The van der Waals surface area contributed by atoms with E-state index in [1.54, 1.807) is 0 Å². The Morgan fingerprint density at radius 3 is 2.75 bits per heavy atom. The second kappa shape index (κ2) is 4.00. The van der Waals surface area contributed by atoms with Crippen molar-refractivity contribution in [1.29, 1.82) is 0 Å². The minimum Gasteiger partial charge on any atom is -0.382 e. The van der Waals surface area contributed by atoms with E-state index in [0.717, 1.165) is 35.4 Å². The molecule has 0 radical (unpaired) electrons. The topological polar surface area (TPSA) is 72.5 Å². The number of aromatic nitrogens is 4. The van der Waals surface area contributed by atoms with Gasteiger partial charge in [0.25, 0.3) is 0 Å². The molecule has 2 rings (SSSR count). The van der Waals surface area contributed by atoms with E-state index in [4.69, 9.17) is 5.73 Å². The van der Waals surface area contributed by atoms with E-state index in [1.165, 1.54) is 0 Å². The molecular formula is C11H17N5. The van der Waals surface area contributed by atoms with Crippen LogP contribution in [-0.4, -0.2) is 20.0 Å². The van der Waals surface area contributed by atoms with Gasteiger partial charge in [-0.3, -0.25) is 9.78 Å². The van der Waals surface area contributed by atoms with E-state index in [2.05, 4.69) is 29.1 Å². The minimum absolute atomic E-state index is 0.586. The molecule has 0 bridgehead atoms. The molecule has 16 heavy (non-hydrogen) atoms. The molecule has 0 amide bonds. The first-order valence-corrected chi connectivity index (χ1v) is 5.52. The number of aryl methyl sites for hydroxylation is 2. The fraction of sp³-hybridized carbons (Fsp3) is 0.455. The van der Waals surface area contributed by atoms with Crippen LogP contribution >= 0.6 is 0 Å². The fourth-order valence-electron chi connectivity index (χ4n) is 1.96. The number of aromatic amines is 1. The van der Waals surface area contributed by atoms with Crippen LogP contribution in [0.1, 0.15) is 25.1 Å². The van der Waals surface area contributed by atoms with Crippen molar-refractivity contribution in [2.45, 2.75) is 26.7 Å². The van der Waals surface area contributed by atoms with Crippen LogP contribution < -0.4 is 5.73 Å². The summed E-state index contributed by atoms with van der Waals surface area (Å²) >= 11 is 0. The summed E-state index contributed by atoms with van der Waals surface area (Å²) < 4.78 is 1.82. The van der Waals surface area contributed by atoms with Gasteiger partial charge < -0.3 is 5.73 Å². The lowest BCUT2D eigenvalue weighted by Crippen LogP contribution is -1.92. The summed E-state index contributed by atoms with van der Waals surface area (Å²) in [5, 5.41) is 11.5. The van der Waals surface area contributed by atoms with Crippen LogP contribution in [0.5, 0.6) is 0 Å². The summed E-state index contributed by atoms with van der Waals surface area (Å²) in [6.45, 7) is 4.17. The van der Waals surface area contributed by atoms with Crippen LogP contribution in [0.15, 0.2) is 6.20 Å². The molecule has 0 spiro atoms. The van der Waals surface area contributed by atoms with Gasteiger partial charge in [0.05, 0.1) is 11.4 Å². The largest absolute Gasteiger partial charge is 0.382 e. The molecule has 0 aliphatic heterocycles. The standard InChI is InChI=1S/C11H17N5/c1-4-7-10(13-14-11(7)12)8-6-16(3)15-9(8)5-2/h6H,4-5H2,1-3H3,(H3,12,13,14). The maximum Gasteiger partial charge on any atom is 0.149 e. The van der Waals surface area contributed by atoms with Crippen LogP contribution in [0.3, 0.4) is 0 Å². The maximum atomic E-state index is 5.82. The SMILES string of the molecule is CCc1nn(C)cc1-c1[nH]nc(N)c1CC. The van der Waals surface area contributed by atoms with Crippen LogP contribution in [0, 0.1) is 0 Å². The average molecular weight is 219 g/mol. The van der Waals surface area contributed by atoms with Gasteiger partial charge >= 0.3 is 0 Å². The summed E-state index contributed by atoms with van der Waals surface area (Å²) in [5.41, 5.74) is 10.1. The molecule has 0 unspecified atom stereocenters. The average Bonchev–Trinajstić information content (AvgIpc) is 2.81. The van der Waals surface area contributed by atoms with E-state index >= 15 is 0 Å². The van der Waals surface area contributed by atoms with Crippen molar-refractivity contribution >= 4 is 5.82 Å². The van der Waals surface area contributed by atoms with Crippen molar-refractivity contribution in [2.24, 2.45) is 7.05 Å². The molecule has 2 aromatic heterocycles. The van der Waals surface area contributed by atoms with Crippen LogP contribution in [-0.2, 0) is 19.9 Å². The van der Waals surface area contributed by atoms with Crippen LogP contribution in [0.4, 0.5) is 5.82 Å². The Balaban J connectivity index is 2.57. The van der Waals surface area contributed by atoms with Crippen molar-refractivity contribution in [3.8, 4) is 11.3 Å². The van der Waals surface area contributed by atoms with E-state index in [1.807, 2.05) is 17.9 Å². The Morgan fingerprint density at radius 1 is 1.38 bits per heavy atom. The van der Waals surface area contributed by atoms with Gasteiger partial charge in [-0.1, -0.05) is 13.8 Å². The Hall–Kier alpha value is -1.78. The first kappa shape index (κ1) is 10.7. The van der Waals surface area contributed by atoms with E-state index in [-0.39, 0.29) is 0 Å². The van der Waals surface area contributed by atoms with Crippen molar-refractivity contribution < 1.29 is 0 Å². The number of anilines is 1. The first-order chi connectivity index (χ1) is 7.67. The van der Waals surface area contributed by atoms with Gasteiger partial charge in [-0.2, -0.15) is 10.2 Å². The van der Waals surface area contributed by atoms with Crippen molar-refractivity contribution in [2.75, 3.05) is 5.73 Å². The highest BCUT2D eigenvalue weighted by Crippen LogP contribution is 2.28. The highest BCUT2D eigenvalue weighted by atomic mass is 15.3. The molecule has 3 N–H and O–H groups in total. The van der Waals surface area contributed by atoms with Crippen molar-refractivity contribution in [1.82, 2.24) is 20.0 Å². The molecule has 0 fully saturated rings. The number of hydrogen-bond donors (Lipinski definition) is 2. The zero-order chi connectivity index (χ0) is 11.7. The molecule has 0 atom stereocenters. The summed E-state index contributed by atoms with van der Waals surface area (Å²) in [6.07, 6.45) is 3.78. The van der Waals surface area contributed by atoms with Crippen molar-refractivity contribution in [3.63, 3.8) is 0 Å². The van der Waals surface area contributed by atoms with Crippen molar-refractivity contribution in [3.05, 3.63) is 17.5 Å². The maximum absolute atomic E-state index is 5.82.